The van der Waals surface area contributed by atoms with Crippen LogP contribution >= 0.6 is 36.4 Å². The van der Waals surface area contributed by atoms with Crippen LogP contribution in [0.25, 0.3) is 0 Å². The van der Waals surface area contributed by atoms with Gasteiger partial charge in [-0.05, 0) is 31.7 Å². The van der Waals surface area contributed by atoms with Gasteiger partial charge in [0.2, 0.25) is 0 Å². The number of aliphatic hydroxyl groups excluding tert-OH is 1. The first-order valence-corrected chi connectivity index (χ1v) is 6.36. The van der Waals surface area contributed by atoms with Gasteiger partial charge < -0.3 is 14.9 Å². The Hall–Kier alpha value is -0.190. The molecule has 0 spiro atoms. The lowest BCUT2D eigenvalue weighted by atomic mass is 10.1. The van der Waals surface area contributed by atoms with Crippen LogP contribution in [0.5, 0.6) is 0 Å². The molecule has 6 heteroatoms. The second kappa shape index (κ2) is 8.18. The van der Waals surface area contributed by atoms with E-state index in [1.165, 1.54) is 0 Å². The predicted octanol–water partition coefficient (Wildman–Crippen LogP) is 2.99. The summed E-state index contributed by atoms with van der Waals surface area (Å²) in [7, 11) is 2.13. The minimum atomic E-state index is -0.464. The number of hydrogen-bond acceptors (Lipinski definition) is 3. The number of likely N-dealkylation sites (N-methyl/N-ethyl adjacent to an activating group) is 1. The van der Waals surface area contributed by atoms with Crippen LogP contribution in [-0.4, -0.2) is 43.2 Å². The van der Waals surface area contributed by atoms with Crippen molar-refractivity contribution in [1.82, 2.24) is 4.90 Å². The van der Waals surface area contributed by atoms with E-state index in [1.807, 2.05) is 18.2 Å². The van der Waals surface area contributed by atoms with E-state index in [2.05, 4.69) is 16.8 Å². The average molecular weight is 328 g/mol. The molecule has 1 aliphatic rings. The number of halogens is 3. The molecule has 1 N–H and O–H groups in total. The number of nitrogens with zero attached hydrogens (tertiary/aromatic N) is 2. The van der Waals surface area contributed by atoms with Crippen molar-refractivity contribution in [3.8, 4) is 0 Å². The third kappa shape index (κ3) is 4.69. The summed E-state index contributed by atoms with van der Waals surface area (Å²) in [6.45, 7) is 5.89. The van der Waals surface area contributed by atoms with Crippen molar-refractivity contribution in [2.24, 2.45) is 0 Å². The highest BCUT2D eigenvalue weighted by molar-refractivity contribution is 6.33. The van der Waals surface area contributed by atoms with Gasteiger partial charge in [-0.2, -0.15) is 0 Å². The molecular formula is C13H21Cl3N2O. The summed E-state index contributed by atoms with van der Waals surface area (Å²) in [5.41, 5.74) is 1.94. The molecule has 1 unspecified atom stereocenters. The number of anilines is 1. The number of benzene rings is 1. The molecule has 19 heavy (non-hydrogen) atoms. The quantitative estimate of drug-likeness (QED) is 0.904. The lowest BCUT2D eigenvalue weighted by Crippen LogP contribution is -2.44. The third-order valence-corrected chi connectivity index (χ3v) is 3.60. The van der Waals surface area contributed by atoms with Crippen LogP contribution in [0.15, 0.2) is 18.2 Å². The molecule has 1 saturated heterocycles. The second-order valence-electron chi connectivity index (χ2n) is 4.68. The van der Waals surface area contributed by atoms with Crippen LogP contribution in [0, 0.1) is 0 Å². The summed E-state index contributed by atoms with van der Waals surface area (Å²) in [6, 6.07) is 5.82. The Kier molecular flexibility index (Phi) is 8.09. The predicted molar refractivity (Wildman–Crippen MR) is 86.3 cm³/mol. The van der Waals surface area contributed by atoms with Crippen molar-refractivity contribution in [3.05, 3.63) is 28.8 Å². The van der Waals surface area contributed by atoms with E-state index < -0.39 is 6.10 Å². The molecule has 2 rings (SSSR count). The topological polar surface area (TPSA) is 26.7 Å². The standard InChI is InChI=1S/C13H19ClN2O.2ClH/c1-10(17)11-3-4-13(12(14)9-11)16-7-5-15(2)6-8-16;;/h3-4,9-10,17H,5-8H2,1-2H3;2*1H. The van der Waals surface area contributed by atoms with Crippen LogP contribution in [-0.2, 0) is 0 Å². The van der Waals surface area contributed by atoms with Gasteiger partial charge in [-0.15, -0.1) is 24.8 Å². The Bertz CT molecular complexity index is 393. The lowest BCUT2D eigenvalue weighted by Gasteiger charge is -2.34. The van der Waals surface area contributed by atoms with Gasteiger partial charge in [-0.1, -0.05) is 17.7 Å². The molecule has 0 amide bonds. The fourth-order valence-corrected chi connectivity index (χ4v) is 2.40. The molecular weight excluding hydrogens is 307 g/mol. The highest BCUT2D eigenvalue weighted by Gasteiger charge is 2.17. The fourth-order valence-electron chi connectivity index (χ4n) is 2.09. The minimum Gasteiger partial charge on any atom is -0.389 e. The highest BCUT2D eigenvalue weighted by atomic mass is 35.5. The zero-order valence-corrected chi connectivity index (χ0v) is 13.6. The zero-order valence-electron chi connectivity index (χ0n) is 11.2. The first kappa shape index (κ1) is 18.8. The van der Waals surface area contributed by atoms with Crippen molar-refractivity contribution >= 4 is 42.1 Å². The van der Waals surface area contributed by atoms with Crippen LogP contribution in [0.4, 0.5) is 5.69 Å². The summed E-state index contributed by atoms with van der Waals surface area (Å²) in [5.74, 6) is 0. The Morgan fingerprint density at radius 1 is 1.16 bits per heavy atom. The van der Waals surface area contributed by atoms with E-state index in [0.717, 1.165) is 42.5 Å². The monoisotopic (exact) mass is 326 g/mol. The van der Waals surface area contributed by atoms with E-state index in [-0.39, 0.29) is 24.8 Å². The number of rotatable bonds is 2. The lowest BCUT2D eigenvalue weighted by molar-refractivity contribution is 0.199. The average Bonchev–Trinajstić information content (AvgIpc) is 2.30. The maximum absolute atomic E-state index is 9.51. The van der Waals surface area contributed by atoms with Gasteiger partial charge in [0.15, 0.2) is 0 Å². The molecule has 0 saturated carbocycles. The van der Waals surface area contributed by atoms with Crippen molar-refractivity contribution in [2.45, 2.75) is 13.0 Å². The van der Waals surface area contributed by atoms with E-state index in [0.29, 0.717) is 0 Å². The Labute approximate surface area is 132 Å². The van der Waals surface area contributed by atoms with Crippen molar-refractivity contribution in [2.75, 3.05) is 38.1 Å². The van der Waals surface area contributed by atoms with E-state index in [1.54, 1.807) is 6.92 Å². The zero-order chi connectivity index (χ0) is 12.4. The largest absolute Gasteiger partial charge is 0.389 e. The second-order valence-corrected chi connectivity index (χ2v) is 5.08. The highest BCUT2D eigenvalue weighted by Crippen LogP contribution is 2.29. The number of hydrogen-bond donors (Lipinski definition) is 1. The molecule has 1 atom stereocenters. The van der Waals surface area contributed by atoms with Gasteiger partial charge in [0.1, 0.15) is 0 Å². The van der Waals surface area contributed by atoms with Crippen LogP contribution in [0.3, 0.4) is 0 Å². The van der Waals surface area contributed by atoms with Gasteiger partial charge in [0, 0.05) is 26.2 Å². The Balaban J connectivity index is 0.00000162. The molecule has 0 aliphatic carbocycles. The normalized spacial score (nSPS) is 17.4. The van der Waals surface area contributed by atoms with Crippen LogP contribution < -0.4 is 4.90 Å². The number of piperazine rings is 1. The number of aliphatic hydroxyl groups is 1. The maximum atomic E-state index is 9.51. The van der Waals surface area contributed by atoms with E-state index in [4.69, 9.17) is 11.6 Å². The van der Waals surface area contributed by atoms with Crippen LogP contribution in [0.2, 0.25) is 5.02 Å². The molecule has 110 valence electrons. The van der Waals surface area contributed by atoms with E-state index >= 15 is 0 Å². The first-order valence-electron chi connectivity index (χ1n) is 5.99. The summed E-state index contributed by atoms with van der Waals surface area (Å²) >= 11 is 6.28. The Morgan fingerprint density at radius 2 is 1.74 bits per heavy atom. The smallest absolute Gasteiger partial charge is 0.0762 e. The van der Waals surface area contributed by atoms with Crippen LogP contribution in [0.1, 0.15) is 18.6 Å². The summed E-state index contributed by atoms with van der Waals surface area (Å²) in [6.07, 6.45) is -0.464. The molecule has 1 fully saturated rings. The molecule has 3 nitrogen and oxygen atoms in total. The van der Waals surface area contributed by atoms with E-state index in [9.17, 15) is 5.11 Å². The van der Waals surface area contributed by atoms with Crippen molar-refractivity contribution in [3.63, 3.8) is 0 Å². The SMILES string of the molecule is CC(O)c1ccc(N2CCN(C)CC2)c(Cl)c1.Cl.Cl. The molecule has 0 radical (unpaired) electrons. The Morgan fingerprint density at radius 3 is 2.21 bits per heavy atom. The van der Waals surface area contributed by atoms with Gasteiger partial charge in [-0.3, -0.25) is 0 Å². The fraction of sp³-hybridized carbons (Fsp3) is 0.538. The minimum absolute atomic E-state index is 0. The third-order valence-electron chi connectivity index (χ3n) is 3.30. The van der Waals surface area contributed by atoms with Gasteiger partial charge in [0.05, 0.1) is 16.8 Å². The maximum Gasteiger partial charge on any atom is 0.0762 e. The molecule has 0 aromatic heterocycles. The van der Waals surface area contributed by atoms with Crippen molar-refractivity contribution < 1.29 is 5.11 Å². The first-order chi connectivity index (χ1) is 8.08. The van der Waals surface area contributed by atoms with Crippen molar-refractivity contribution in [1.29, 1.82) is 0 Å². The molecule has 1 aromatic carbocycles. The molecule has 1 heterocycles. The summed E-state index contributed by atoms with van der Waals surface area (Å²) < 4.78 is 0. The van der Waals surface area contributed by atoms with Gasteiger partial charge >= 0.3 is 0 Å². The molecule has 1 aromatic rings. The van der Waals surface area contributed by atoms with Gasteiger partial charge in [0.25, 0.3) is 0 Å². The molecule has 1 aliphatic heterocycles. The molecule has 0 bridgehead atoms. The summed E-state index contributed by atoms with van der Waals surface area (Å²) in [5, 5.41) is 10.2. The van der Waals surface area contributed by atoms with Gasteiger partial charge in [-0.25, -0.2) is 0 Å². The summed E-state index contributed by atoms with van der Waals surface area (Å²) in [4.78, 5) is 4.61.